The van der Waals surface area contributed by atoms with Gasteiger partial charge in [0.2, 0.25) is 0 Å². The minimum atomic E-state index is -0.312. The van der Waals surface area contributed by atoms with E-state index in [0.29, 0.717) is 30.8 Å². The summed E-state index contributed by atoms with van der Waals surface area (Å²) in [7, 11) is 1.73. The monoisotopic (exact) mass is 489 g/mol. The van der Waals surface area contributed by atoms with Gasteiger partial charge in [0.1, 0.15) is 0 Å². The molecule has 1 aliphatic rings. The lowest BCUT2D eigenvalue weighted by Gasteiger charge is -2.19. The second-order valence-electron chi connectivity index (χ2n) is 6.37. The van der Waals surface area contributed by atoms with Crippen LogP contribution in [0.2, 0.25) is 0 Å². The molecule has 26 heavy (non-hydrogen) atoms. The van der Waals surface area contributed by atoms with Gasteiger partial charge in [0.05, 0.1) is 12.6 Å². The van der Waals surface area contributed by atoms with Crippen molar-refractivity contribution in [1.29, 1.82) is 0 Å². The molecule has 1 aromatic carbocycles. The van der Waals surface area contributed by atoms with Crippen molar-refractivity contribution in [2.24, 2.45) is 10.9 Å². The number of guanidine groups is 1. The summed E-state index contributed by atoms with van der Waals surface area (Å²) in [5.74, 6) is 1.32. The molecule has 3 rings (SSSR count). The third-order valence-corrected chi connectivity index (χ3v) is 4.98. The zero-order valence-corrected chi connectivity index (χ0v) is 18.1. The van der Waals surface area contributed by atoms with Crippen LogP contribution >= 0.6 is 35.3 Å². The first-order valence-electron chi connectivity index (χ1n) is 8.56. The quantitative estimate of drug-likeness (QED) is 0.336. The van der Waals surface area contributed by atoms with Gasteiger partial charge in [0, 0.05) is 13.6 Å². The van der Waals surface area contributed by atoms with Crippen molar-refractivity contribution in [3.05, 3.63) is 52.0 Å². The van der Waals surface area contributed by atoms with Crippen molar-refractivity contribution in [1.82, 2.24) is 10.6 Å². The summed E-state index contributed by atoms with van der Waals surface area (Å²) >= 11 is 1.67. The van der Waals surface area contributed by atoms with E-state index >= 15 is 0 Å². The normalized spacial score (nSPS) is 15.1. The Hall–Kier alpha value is -1.35. The van der Waals surface area contributed by atoms with E-state index in [1.807, 2.05) is 18.4 Å². The fraction of sp³-hybridized carbons (Fsp3) is 0.421. The number of nitrogens with one attached hydrogen (secondary N) is 2. The number of aliphatic imine (C=N–C) groups is 1. The summed E-state index contributed by atoms with van der Waals surface area (Å²) in [4.78, 5) is 4.23. The SMILES string of the molecule is CN=C(NCc1ccsc1)NC(C)c1ccc(OCC2CC2)c(F)c1.I. The number of thiophene rings is 1. The molecule has 1 aliphatic carbocycles. The Bertz CT molecular complexity index is 720. The van der Waals surface area contributed by atoms with Crippen LogP contribution in [0.3, 0.4) is 0 Å². The average molecular weight is 489 g/mol. The van der Waals surface area contributed by atoms with E-state index in [1.165, 1.54) is 24.5 Å². The lowest BCUT2D eigenvalue weighted by atomic mass is 10.1. The topological polar surface area (TPSA) is 45.7 Å². The number of hydrogen-bond donors (Lipinski definition) is 2. The van der Waals surface area contributed by atoms with Crippen LogP contribution in [0.4, 0.5) is 4.39 Å². The van der Waals surface area contributed by atoms with Gasteiger partial charge >= 0.3 is 0 Å². The Morgan fingerprint density at radius 2 is 2.19 bits per heavy atom. The first-order chi connectivity index (χ1) is 12.2. The van der Waals surface area contributed by atoms with Crippen LogP contribution in [0.25, 0.3) is 0 Å². The highest BCUT2D eigenvalue weighted by atomic mass is 127. The zero-order valence-electron chi connectivity index (χ0n) is 15.0. The van der Waals surface area contributed by atoms with E-state index in [2.05, 4.69) is 27.1 Å². The van der Waals surface area contributed by atoms with E-state index in [-0.39, 0.29) is 35.8 Å². The lowest BCUT2D eigenvalue weighted by molar-refractivity contribution is 0.285. The molecule has 0 aliphatic heterocycles. The second kappa shape index (κ2) is 10.1. The Morgan fingerprint density at radius 3 is 2.81 bits per heavy atom. The van der Waals surface area contributed by atoms with Crippen LogP contribution in [-0.4, -0.2) is 19.6 Å². The molecular weight excluding hydrogens is 464 g/mol. The van der Waals surface area contributed by atoms with Crippen molar-refractivity contribution < 1.29 is 9.13 Å². The fourth-order valence-electron chi connectivity index (χ4n) is 2.46. The molecule has 0 bridgehead atoms. The van der Waals surface area contributed by atoms with Crippen LogP contribution < -0.4 is 15.4 Å². The molecule has 0 spiro atoms. The van der Waals surface area contributed by atoms with Gasteiger partial charge in [-0.25, -0.2) is 4.39 Å². The maximum absolute atomic E-state index is 14.2. The van der Waals surface area contributed by atoms with Gasteiger partial charge in [0.25, 0.3) is 0 Å². The highest BCUT2D eigenvalue weighted by molar-refractivity contribution is 14.0. The van der Waals surface area contributed by atoms with Crippen molar-refractivity contribution >= 4 is 41.3 Å². The number of halogens is 2. The highest BCUT2D eigenvalue weighted by Crippen LogP contribution is 2.30. The molecule has 2 N–H and O–H groups in total. The fourth-order valence-corrected chi connectivity index (χ4v) is 3.13. The van der Waals surface area contributed by atoms with E-state index in [1.54, 1.807) is 24.5 Å². The number of rotatable bonds is 7. The Balaban J connectivity index is 0.00000243. The molecule has 1 fully saturated rings. The average Bonchev–Trinajstić information content (AvgIpc) is 3.30. The van der Waals surface area contributed by atoms with E-state index in [4.69, 9.17) is 4.74 Å². The van der Waals surface area contributed by atoms with Crippen molar-refractivity contribution in [3.8, 4) is 5.75 Å². The molecule has 7 heteroatoms. The van der Waals surface area contributed by atoms with Crippen molar-refractivity contribution in [3.63, 3.8) is 0 Å². The first-order valence-corrected chi connectivity index (χ1v) is 9.50. The van der Waals surface area contributed by atoms with Gasteiger partial charge in [-0.15, -0.1) is 24.0 Å². The number of hydrogen-bond acceptors (Lipinski definition) is 3. The molecule has 4 nitrogen and oxygen atoms in total. The maximum Gasteiger partial charge on any atom is 0.191 e. The van der Waals surface area contributed by atoms with Gasteiger partial charge < -0.3 is 15.4 Å². The molecule has 1 atom stereocenters. The highest BCUT2D eigenvalue weighted by Gasteiger charge is 2.22. The summed E-state index contributed by atoms with van der Waals surface area (Å²) in [6.45, 7) is 3.30. The molecule has 0 radical (unpaired) electrons. The molecule has 0 amide bonds. The third-order valence-electron chi connectivity index (χ3n) is 4.24. The molecule has 0 saturated heterocycles. The summed E-state index contributed by atoms with van der Waals surface area (Å²) in [6, 6.07) is 7.15. The minimum absolute atomic E-state index is 0. The van der Waals surface area contributed by atoms with E-state index < -0.39 is 0 Å². The molecular formula is C19H25FIN3OS. The lowest BCUT2D eigenvalue weighted by Crippen LogP contribution is -2.38. The van der Waals surface area contributed by atoms with Crippen LogP contribution in [0, 0.1) is 11.7 Å². The molecule has 1 unspecified atom stereocenters. The van der Waals surface area contributed by atoms with Gasteiger partial charge in [-0.2, -0.15) is 11.3 Å². The summed E-state index contributed by atoms with van der Waals surface area (Å²) in [5.41, 5.74) is 2.07. The predicted molar refractivity (Wildman–Crippen MR) is 116 cm³/mol. The van der Waals surface area contributed by atoms with Gasteiger partial charge in [0.15, 0.2) is 17.5 Å². The van der Waals surface area contributed by atoms with Crippen LogP contribution in [-0.2, 0) is 6.54 Å². The first kappa shape index (κ1) is 21.0. The summed E-state index contributed by atoms with van der Waals surface area (Å²) < 4.78 is 19.8. The number of nitrogens with zero attached hydrogens (tertiary/aromatic N) is 1. The molecule has 1 saturated carbocycles. The van der Waals surface area contributed by atoms with Gasteiger partial charge in [-0.3, -0.25) is 4.99 Å². The van der Waals surface area contributed by atoms with Crippen LogP contribution in [0.1, 0.15) is 36.9 Å². The molecule has 1 aromatic heterocycles. The number of benzene rings is 1. The van der Waals surface area contributed by atoms with E-state index in [0.717, 1.165) is 5.56 Å². The predicted octanol–water partition coefficient (Wildman–Crippen LogP) is 4.72. The van der Waals surface area contributed by atoms with Crippen LogP contribution in [0.5, 0.6) is 5.75 Å². The Kier molecular flexibility index (Phi) is 8.15. The molecule has 1 heterocycles. The van der Waals surface area contributed by atoms with Crippen molar-refractivity contribution in [2.75, 3.05) is 13.7 Å². The summed E-state index contributed by atoms with van der Waals surface area (Å²) in [6.07, 6.45) is 2.39. The summed E-state index contributed by atoms with van der Waals surface area (Å²) in [5, 5.41) is 10.7. The zero-order chi connectivity index (χ0) is 17.6. The Morgan fingerprint density at radius 1 is 1.38 bits per heavy atom. The Labute approximate surface area is 175 Å². The largest absolute Gasteiger partial charge is 0.490 e. The standard InChI is InChI=1S/C19H24FN3OS.HI/c1-13(23-19(21-2)22-10-15-7-8-25-12-15)16-5-6-18(17(20)9-16)24-11-14-3-4-14;/h5-9,12-14H,3-4,10-11H2,1-2H3,(H2,21,22,23);1H. The van der Waals surface area contributed by atoms with E-state index in [9.17, 15) is 4.39 Å². The maximum atomic E-state index is 14.2. The smallest absolute Gasteiger partial charge is 0.191 e. The third kappa shape index (κ3) is 6.12. The molecule has 142 valence electrons. The van der Waals surface area contributed by atoms with Crippen molar-refractivity contribution in [2.45, 2.75) is 32.4 Å². The van der Waals surface area contributed by atoms with Crippen LogP contribution in [0.15, 0.2) is 40.0 Å². The molecule has 2 aromatic rings. The number of ether oxygens (including phenoxy) is 1. The van der Waals surface area contributed by atoms with Gasteiger partial charge in [-0.05, 0) is 65.8 Å². The van der Waals surface area contributed by atoms with Gasteiger partial charge in [-0.1, -0.05) is 6.07 Å². The second-order valence-corrected chi connectivity index (χ2v) is 7.15. The minimum Gasteiger partial charge on any atom is -0.490 e.